The molecular weight excluding hydrogens is 860 g/mol. The molecule has 1 aliphatic carbocycles. The van der Waals surface area contributed by atoms with Gasteiger partial charge in [0.25, 0.3) is 6.71 Å². The molecular formula is C63H53BN2S2. The topological polar surface area (TPSA) is 6.48 Å². The van der Waals surface area contributed by atoms with E-state index >= 15 is 0 Å². The van der Waals surface area contributed by atoms with E-state index in [0.717, 1.165) is 12.8 Å². The molecule has 5 heteroatoms. The van der Waals surface area contributed by atoms with Crippen LogP contribution in [0.1, 0.15) is 80.7 Å². The van der Waals surface area contributed by atoms with E-state index in [-0.39, 0.29) is 17.5 Å². The zero-order valence-corrected chi connectivity index (χ0v) is 41.5. The highest BCUT2D eigenvalue weighted by atomic mass is 32.1. The summed E-state index contributed by atoms with van der Waals surface area (Å²) in [7, 11) is 0. The molecule has 0 unspecified atom stereocenters. The Morgan fingerprint density at radius 3 is 1.81 bits per heavy atom. The van der Waals surface area contributed by atoms with Crippen LogP contribution in [-0.4, -0.2) is 6.71 Å². The Kier molecular flexibility index (Phi) is 9.27. The molecule has 2 aliphatic heterocycles. The predicted octanol–water partition coefficient (Wildman–Crippen LogP) is 16.3. The zero-order chi connectivity index (χ0) is 46.2. The Morgan fingerprint density at radius 1 is 0.500 bits per heavy atom. The van der Waals surface area contributed by atoms with E-state index in [4.69, 9.17) is 0 Å². The van der Waals surface area contributed by atoms with Crippen molar-refractivity contribution in [2.75, 3.05) is 9.80 Å². The predicted molar refractivity (Wildman–Crippen MR) is 298 cm³/mol. The SMILES string of the molecule is Cc1cc2c3c(c1)N(c1ccc(C4=CCCc5c4sc4ccccc54)cc1)c1cc(C(C)(C)C)ccc1B3c1cc(C(C)(C)C)ccc1N2c1ccc(-c2cccc3c2sc2ccccc23)cc1. The van der Waals surface area contributed by atoms with Crippen molar-refractivity contribution >= 4 is 116 Å². The summed E-state index contributed by atoms with van der Waals surface area (Å²) in [5, 5.41) is 4.08. The molecule has 8 aromatic carbocycles. The van der Waals surface area contributed by atoms with Crippen molar-refractivity contribution in [1.82, 2.24) is 0 Å². The molecule has 0 saturated carbocycles. The van der Waals surface area contributed by atoms with Crippen LogP contribution in [0.3, 0.4) is 0 Å². The molecule has 68 heavy (non-hydrogen) atoms. The van der Waals surface area contributed by atoms with Crippen molar-refractivity contribution in [1.29, 1.82) is 0 Å². The van der Waals surface area contributed by atoms with Crippen LogP contribution >= 0.6 is 22.7 Å². The van der Waals surface area contributed by atoms with E-state index in [1.807, 2.05) is 22.7 Å². The Labute approximate surface area is 408 Å². The molecule has 0 amide bonds. The molecule has 0 fully saturated rings. The summed E-state index contributed by atoms with van der Waals surface area (Å²) in [5.41, 5.74) is 22.0. The lowest BCUT2D eigenvalue weighted by molar-refractivity contribution is 0.590. The first-order chi connectivity index (χ1) is 32.9. The number of thiophene rings is 2. The van der Waals surface area contributed by atoms with E-state index < -0.39 is 0 Å². The van der Waals surface area contributed by atoms with Gasteiger partial charge in [-0.05, 0) is 158 Å². The maximum absolute atomic E-state index is 2.59. The number of fused-ring (bicyclic) bond motifs is 10. The van der Waals surface area contributed by atoms with E-state index in [2.05, 4.69) is 228 Å². The fourth-order valence-electron chi connectivity index (χ4n) is 11.4. The van der Waals surface area contributed by atoms with Crippen LogP contribution in [0.15, 0.2) is 170 Å². The third kappa shape index (κ3) is 6.42. The molecule has 2 nitrogen and oxygen atoms in total. The maximum Gasteiger partial charge on any atom is 0.252 e. The van der Waals surface area contributed by atoms with Gasteiger partial charge in [0.05, 0.1) is 0 Å². The Hall–Kier alpha value is -6.66. The fourth-order valence-corrected chi connectivity index (χ4v) is 14.0. The summed E-state index contributed by atoms with van der Waals surface area (Å²) in [6, 6.07) is 62.9. The van der Waals surface area contributed by atoms with E-state index in [1.165, 1.54) is 130 Å². The first-order valence-corrected chi connectivity index (χ1v) is 25.9. The molecule has 0 radical (unpaired) electrons. The molecule has 10 aromatic rings. The highest BCUT2D eigenvalue weighted by Gasteiger charge is 2.44. The molecule has 0 spiro atoms. The summed E-state index contributed by atoms with van der Waals surface area (Å²) >= 11 is 3.84. The largest absolute Gasteiger partial charge is 0.311 e. The number of aryl methyl sites for hydroxylation is 2. The molecule has 2 aromatic heterocycles. The van der Waals surface area contributed by atoms with Crippen molar-refractivity contribution in [3.8, 4) is 11.1 Å². The lowest BCUT2D eigenvalue weighted by Gasteiger charge is -2.45. The molecule has 0 bridgehead atoms. The van der Waals surface area contributed by atoms with Crippen LogP contribution in [0.5, 0.6) is 0 Å². The van der Waals surface area contributed by atoms with E-state index in [1.54, 1.807) is 0 Å². The van der Waals surface area contributed by atoms with Gasteiger partial charge in [0.1, 0.15) is 0 Å². The van der Waals surface area contributed by atoms with Gasteiger partial charge < -0.3 is 9.80 Å². The van der Waals surface area contributed by atoms with Crippen LogP contribution in [0.2, 0.25) is 0 Å². The first kappa shape index (κ1) is 41.5. The Morgan fingerprint density at radius 2 is 1.10 bits per heavy atom. The van der Waals surface area contributed by atoms with Gasteiger partial charge in [-0.3, -0.25) is 0 Å². The summed E-state index contributed by atoms with van der Waals surface area (Å²) in [5.74, 6) is 0. The van der Waals surface area contributed by atoms with Crippen LogP contribution in [0.25, 0.3) is 47.0 Å². The Balaban J connectivity index is 0.991. The van der Waals surface area contributed by atoms with Gasteiger partial charge in [-0.1, -0.05) is 151 Å². The van der Waals surface area contributed by atoms with Gasteiger partial charge in [-0.2, -0.15) is 0 Å². The number of hydrogen-bond donors (Lipinski definition) is 0. The van der Waals surface area contributed by atoms with Crippen LogP contribution < -0.4 is 26.2 Å². The third-order valence-electron chi connectivity index (χ3n) is 14.9. The lowest BCUT2D eigenvalue weighted by atomic mass is 9.33. The minimum Gasteiger partial charge on any atom is -0.311 e. The fraction of sp³-hybridized carbons (Fsp3) is 0.175. The Bertz CT molecular complexity index is 3720. The van der Waals surface area contributed by atoms with Crippen LogP contribution in [0, 0.1) is 6.92 Å². The lowest BCUT2D eigenvalue weighted by Crippen LogP contribution is -2.61. The van der Waals surface area contributed by atoms with Crippen LogP contribution in [0.4, 0.5) is 34.1 Å². The molecule has 13 rings (SSSR count). The summed E-state index contributed by atoms with van der Waals surface area (Å²) in [4.78, 5) is 6.57. The molecule has 330 valence electrons. The number of allylic oxidation sites excluding steroid dienone is 1. The van der Waals surface area contributed by atoms with E-state index in [9.17, 15) is 0 Å². The quantitative estimate of drug-likeness (QED) is 0.162. The third-order valence-corrected chi connectivity index (χ3v) is 17.4. The van der Waals surface area contributed by atoms with Gasteiger partial charge in [0, 0.05) is 63.9 Å². The van der Waals surface area contributed by atoms with E-state index in [0.29, 0.717) is 0 Å². The van der Waals surface area contributed by atoms with Crippen molar-refractivity contribution < 1.29 is 0 Å². The molecule has 0 atom stereocenters. The number of hydrogen-bond acceptors (Lipinski definition) is 4. The van der Waals surface area contributed by atoms with Gasteiger partial charge in [0.2, 0.25) is 0 Å². The molecule has 0 saturated heterocycles. The first-order valence-electron chi connectivity index (χ1n) is 24.2. The minimum atomic E-state index is -0.0205. The molecule has 4 heterocycles. The summed E-state index contributed by atoms with van der Waals surface area (Å²) < 4.78 is 4.06. The molecule has 0 N–H and O–H groups in total. The zero-order valence-electron chi connectivity index (χ0n) is 39.9. The average Bonchev–Trinajstić information content (AvgIpc) is 3.92. The average molecular weight is 913 g/mol. The van der Waals surface area contributed by atoms with Crippen molar-refractivity contribution in [3.63, 3.8) is 0 Å². The highest BCUT2D eigenvalue weighted by Crippen LogP contribution is 2.48. The van der Waals surface area contributed by atoms with Gasteiger partial charge >= 0.3 is 0 Å². The minimum absolute atomic E-state index is 0.0166. The highest BCUT2D eigenvalue weighted by molar-refractivity contribution is 7.26. The number of nitrogens with zero attached hydrogens (tertiary/aromatic N) is 2. The van der Waals surface area contributed by atoms with Crippen molar-refractivity contribution in [3.05, 3.63) is 203 Å². The second-order valence-corrected chi connectivity index (χ2v) is 23.4. The maximum atomic E-state index is 2.59. The van der Waals surface area contributed by atoms with Gasteiger partial charge in [-0.25, -0.2) is 0 Å². The van der Waals surface area contributed by atoms with Crippen molar-refractivity contribution in [2.24, 2.45) is 0 Å². The second kappa shape index (κ2) is 15.2. The summed E-state index contributed by atoms with van der Waals surface area (Å²) in [6.45, 7) is 16.4. The molecule has 3 aliphatic rings. The number of benzene rings is 8. The standard InChI is InChI=1S/C63H53BN2S2/c1-38-34-55-59-56(35-38)66(44-30-24-40(25-31-44)46-17-13-19-50-48-15-9-11-21-58(48)68-61(46)50)54-37-42(63(5,6)7)26-32-51(54)64(59)52-36-41(62(2,3)4)27-33-53(52)65(55)43-28-22-39(23-29-43)45-16-12-18-49-47-14-8-10-20-57(47)67-60(45)49/h8-12,14-18,20-37H,13,19H2,1-7H3. The number of anilines is 6. The monoisotopic (exact) mass is 912 g/mol. The smallest absolute Gasteiger partial charge is 0.252 e. The number of rotatable bonds is 4. The van der Waals surface area contributed by atoms with Gasteiger partial charge in [-0.15, -0.1) is 22.7 Å². The summed E-state index contributed by atoms with van der Waals surface area (Å²) in [6.07, 6.45) is 4.64. The van der Waals surface area contributed by atoms with Crippen LogP contribution in [-0.2, 0) is 17.3 Å². The second-order valence-electron chi connectivity index (χ2n) is 21.3. The normalized spacial score (nSPS) is 14.3. The van der Waals surface area contributed by atoms with Gasteiger partial charge in [0.15, 0.2) is 0 Å². The van der Waals surface area contributed by atoms with Crippen molar-refractivity contribution in [2.45, 2.75) is 72.1 Å².